The maximum Gasteiger partial charge on any atom is 0.0588 e. The van der Waals surface area contributed by atoms with Crippen molar-refractivity contribution >= 4 is 0 Å². The molecule has 0 aromatic rings. The molecule has 1 fully saturated rings. The van der Waals surface area contributed by atoms with Crippen molar-refractivity contribution in [2.45, 2.75) is 58.9 Å². The molecule has 0 radical (unpaired) electrons. The van der Waals surface area contributed by atoms with Gasteiger partial charge in [-0.05, 0) is 60.3 Å². The van der Waals surface area contributed by atoms with Crippen molar-refractivity contribution < 1.29 is 0 Å². The van der Waals surface area contributed by atoms with Crippen molar-refractivity contribution in [2.24, 2.45) is 11.3 Å². The van der Waals surface area contributed by atoms with Crippen LogP contribution < -0.4 is 0 Å². The Labute approximate surface area is 146 Å². The molecule has 0 aromatic carbocycles. The average Bonchev–Trinajstić information content (AvgIpc) is 2.60. The first-order valence-electron chi connectivity index (χ1n) is 9.46. The molecule has 0 aromatic heterocycles. The van der Waals surface area contributed by atoms with Gasteiger partial charge in [0.1, 0.15) is 0 Å². The molecule has 2 heterocycles. The molecule has 1 heteroatoms. The van der Waals surface area contributed by atoms with E-state index in [4.69, 9.17) is 0 Å². The molecule has 2 atom stereocenters. The van der Waals surface area contributed by atoms with Gasteiger partial charge in [-0.2, -0.15) is 0 Å². The fraction of sp³-hybridized carbons (Fsp3) is 0.478. The van der Waals surface area contributed by atoms with E-state index in [9.17, 15) is 0 Å². The van der Waals surface area contributed by atoms with Crippen LogP contribution in [-0.4, -0.2) is 10.9 Å². The van der Waals surface area contributed by atoms with Crippen LogP contribution in [0.3, 0.4) is 0 Å². The minimum atomic E-state index is 0.0335. The van der Waals surface area contributed by atoms with E-state index in [0.29, 0.717) is 12.0 Å². The fourth-order valence-electron chi connectivity index (χ4n) is 4.83. The molecule has 4 aliphatic rings. The van der Waals surface area contributed by atoms with Crippen LogP contribution in [0, 0.1) is 11.3 Å². The van der Waals surface area contributed by atoms with Crippen LogP contribution in [0.1, 0.15) is 52.9 Å². The van der Waals surface area contributed by atoms with Crippen molar-refractivity contribution in [1.82, 2.24) is 4.90 Å². The normalized spacial score (nSPS) is 31.5. The third-order valence-electron chi connectivity index (χ3n) is 6.36. The molecule has 4 rings (SSSR count). The van der Waals surface area contributed by atoms with Crippen LogP contribution in [0.25, 0.3) is 0 Å². The van der Waals surface area contributed by atoms with E-state index in [0.717, 1.165) is 0 Å². The summed E-state index contributed by atoms with van der Waals surface area (Å²) in [7, 11) is 0. The second kappa shape index (κ2) is 5.65. The van der Waals surface area contributed by atoms with Crippen molar-refractivity contribution in [2.75, 3.05) is 0 Å². The number of hydrogen-bond acceptors (Lipinski definition) is 1. The van der Waals surface area contributed by atoms with Gasteiger partial charge >= 0.3 is 0 Å². The van der Waals surface area contributed by atoms with Gasteiger partial charge in [0, 0.05) is 17.3 Å². The van der Waals surface area contributed by atoms with Crippen LogP contribution in [0.2, 0.25) is 0 Å². The molecule has 0 N–H and O–H groups in total. The average molecular weight is 319 g/mol. The van der Waals surface area contributed by atoms with Crippen molar-refractivity contribution in [3.63, 3.8) is 0 Å². The van der Waals surface area contributed by atoms with Crippen molar-refractivity contribution in [3.8, 4) is 0 Å². The number of piperidine rings is 1. The molecule has 0 amide bonds. The third-order valence-corrected chi connectivity index (χ3v) is 6.36. The second-order valence-electron chi connectivity index (χ2n) is 8.23. The van der Waals surface area contributed by atoms with Gasteiger partial charge in [-0.1, -0.05) is 57.7 Å². The fourth-order valence-corrected chi connectivity index (χ4v) is 4.83. The van der Waals surface area contributed by atoms with E-state index >= 15 is 0 Å². The maximum absolute atomic E-state index is 4.53. The molecular weight excluding hydrogens is 290 g/mol. The summed E-state index contributed by atoms with van der Waals surface area (Å²) in [6.45, 7) is 11.6. The van der Waals surface area contributed by atoms with E-state index in [1.54, 1.807) is 5.57 Å². The molecule has 0 saturated carbocycles. The molecule has 0 spiro atoms. The lowest BCUT2D eigenvalue weighted by molar-refractivity contribution is 0.228. The van der Waals surface area contributed by atoms with Gasteiger partial charge in [-0.15, -0.1) is 0 Å². The first-order chi connectivity index (χ1) is 11.5. The highest BCUT2D eigenvalue weighted by Crippen LogP contribution is 2.52. The summed E-state index contributed by atoms with van der Waals surface area (Å²) >= 11 is 0. The predicted molar refractivity (Wildman–Crippen MR) is 102 cm³/mol. The Morgan fingerprint density at radius 3 is 2.67 bits per heavy atom. The maximum atomic E-state index is 4.53. The number of fused-ring (bicyclic) bond motifs is 3. The van der Waals surface area contributed by atoms with Crippen LogP contribution in [-0.2, 0) is 0 Å². The predicted octanol–water partition coefficient (Wildman–Crippen LogP) is 6.06. The highest BCUT2D eigenvalue weighted by atomic mass is 15.2. The smallest absolute Gasteiger partial charge is 0.0588 e. The molecule has 2 aliphatic heterocycles. The Bertz CT molecular complexity index is 723. The standard InChI is InChI=1S/C23H29N/c1-16-14-22-19-12-8-9-13-21(19)23(3,4)17(2)24(22)15-20(16)18-10-6-5-7-11-18/h5-6,10,12-13,15-16,22H,2,7-9,11,14H2,1,3-4H3. The molecule has 126 valence electrons. The zero-order valence-electron chi connectivity index (χ0n) is 15.3. The summed E-state index contributed by atoms with van der Waals surface area (Å²) in [5.41, 5.74) is 7.44. The molecule has 1 saturated heterocycles. The lowest BCUT2D eigenvalue weighted by atomic mass is 9.66. The zero-order valence-corrected chi connectivity index (χ0v) is 15.3. The first kappa shape index (κ1) is 15.7. The summed E-state index contributed by atoms with van der Waals surface area (Å²) < 4.78 is 0. The van der Waals surface area contributed by atoms with Crippen LogP contribution in [0.5, 0.6) is 0 Å². The summed E-state index contributed by atoms with van der Waals surface area (Å²) in [5, 5.41) is 0. The number of rotatable bonds is 1. The lowest BCUT2D eigenvalue weighted by Crippen LogP contribution is -2.48. The van der Waals surface area contributed by atoms with E-state index in [-0.39, 0.29) is 5.41 Å². The number of allylic oxidation sites excluding steroid dienone is 8. The van der Waals surface area contributed by atoms with E-state index in [1.165, 1.54) is 54.5 Å². The topological polar surface area (TPSA) is 3.24 Å². The molecular formula is C23H29N. The van der Waals surface area contributed by atoms with E-state index in [1.807, 2.05) is 0 Å². The Hall–Kier alpha value is -1.76. The van der Waals surface area contributed by atoms with Gasteiger partial charge < -0.3 is 4.90 Å². The molecule has 2 unspecified atom stereocenters. The zero-order chi connectivity index (χ0) is 16.9. The Morgan fingerprint density at radius 1 is 1.12 bits per heavy atom. The molecule has 2 aliphatic carbocycles. The van der Waals surface area contributed by atoms with Crippen LogP contribution in [0.4, 0.5) is 0 Å². The molecule has 24 heavy (non-hydrogen) atoms. The Morgan fingerprint density at radius 2 is 1.92 bits per heavy atom. The Kier molecular flexibility index (Phi) is 3.71. The summed E-state index contributed by atoms with van der Waals surface area (Å²) in [5.74, 6) is 0.613. The van der Waals surface area contributed by atoms with E-state index in [2.05, 4.69) is 68.8 Å². The monoisotopic (exact) mass is 319 g/mol. The van der Waals surface area contributed by atoms with Gasteiger partial charge in [-0.25, -0.2) is 0 Å². The SMILES string of the molecule is C=C1N2C=C(C3=CC=CCC3)C(C)CC2C2=CCCC=C2C1(C)C. The number of hydrogen-bond donors (Lipinski definition) is 0. The lowest BCUT2D eigenvalue weighted by Gasteiger charge is -2.52. The minimum absolute atomic E-state index is 0.0335. The summed E-state index contributed by atoms with van der Waals surface area (Å²) in [6, 6.07) is 0.482. The van der Waals surface area contributed by atoms with Gasteiger partial charge in [0.25, 0.3) is 0 Å². The van der Waals surface area contributed by atoms with Crippen molar-refractivity contribution in [1.29, 1.82) is 0 Å². The quantitative estimate of drug-likeness (QED) is 0.568. The van der Waals surface area contributed by atoms with Gasteiger partial charge in [0.2, 0.25) is 0 Å². The molecule has 1 nitrogen and oxygen atoms in total. The van der Waals surface area contributed by atoms with Gasteiger partial charge in [-0.3, -0.25) is 0 Å². The summed E-state index contributed by atoms with van der Waals surface area (Å²) in [6.07, 6.45) is 20.1. The second-order valence-corrected chi connectivity index (χ2v) is 8.23. The third kappa shape index (κ3) is 2.29. The van der Waals surface area contributed by atoms with Crippen LogP contribution >= 0.6 is 0 Å². The largest absolute Gasteiger partial charge is 0.343 e. The van der Waals surface area contributed by atoms with Crippen molar-refractivity contribution in [3.05, 3.63) is 71.1 Å². The highest BCUT2D eigenvalue weighted by Gasteiger charge is 2.45. The number of nitrogens with zero attached hydrogens (tertiary/aromatic N) is 1. The first-order valence-corrected chi connectivity index (χ1v) is 9.46. The van der Waals surface area contributed by atoms with E-state index < -0.39 is 0 Å². The Balaban J connectivity index is 1.78. The highest BCUT2D eigenvalue weighted by molar-refractivity contribution is 5.52. The molecule has 0 bridgehead atoms. The van der Waals surface area contributed by atoms with Gasteiger partial charge in [0.05, 0.1) is 6.04 Å². The summed E-state index contributed by atoms with van der Waals surface area (Å²) in [4.78, 5) is 2.50. The van der Waals surface area contributed by atoms with Crippen LogP contribution in [0.15, 0.2) is 71.1 Å². The van der Waals surface area contributed by atoms with Gasteiger partial charge in [0.15, 0.2) is 0 Å². The minimum Gasteiger partial charge on any atom is -0.343 e.